The van der Waals surface area contributed by atoms with Crippen molar-refractivity contribution in [1.29, 1.82) is 0 Å². The minimum atomic E-state index is -0.911. The van der Waals surface area contributed by atoms with E-state index in [-0.39, 0.29) is 13.2 Å². The molecule has 0 saturated carbocycles. The van der Waals surface area contributed by atoms with Gasteiger partial charge in [0.25, 0.3) is 5.91 Å². The van der Waals surface area contributed by atoms with Crippen LogP contribution in [0.5, 0.6) is 5.75 Å². The van der Waals surface area contributed by atoms with Crippen LogP contribution in [0.1, 0.15) is 16.1 Å². The highest BCUT2D eigenvalue weighted by Gasteiger charge is 2.15. The Morgan fingerprint density at radius 2 is 1.96 bits per heavy atom. The van der Waals surface area contributed by atoms with E-state index in [0.717, 1.165) is 17.8 Å². The Morgan fingerprint density at radius 3 is 2.61 bits per heavy atom. The Labute approximate surface area is 132 Å². The fourth-order valence-corrected chi connectivity index (χ4v) is 1.70. The number of rotatable bonds is 4. The maximum Gasteiger partial charge on any atom is 0.258 e. The molecule has 0 radical (unpaired) electrons. The van der Waals surface area contributed by atoms with Crippen LogP contribution < -0.4 is 10.1 Å². The van der Waals surface area contributed by atoms with E-state index in [0.29, 0.717) is 5.75 Å². The fraction of sp³-hybridized carbons (Fsp3) is 0.176. The third-order valence-corrected chi connectivity index (χ3v) is 2.85. The average molecular weight is 316 g/mol. The predicted molar refractivity (Wildman–Crippen MR) is 80.9 cm³/mol. The zero-order valence-corrected chi connectivity index (χ0v) is 12.4. The summed E-state index contributed by atoms with van der Waals surface area (Å²) in [5, 5.41) is 2.33. The minimum absolute atomic E-state index is 0.0396. The van der Waals surface area contributed by atoms with Gasteiger partial charge in [0.2, 0.25) is 0 Å². The lowest BCUT2D eigenvalue weighted by molar-refractivity contribution is 0.0950. The van der Waals surface area contributed by atoms with E-state index >= 15 is 0 Å². The fourth-order valence-electron chi connectivity index (χ4n) is 1.70. The molecule has 0 bridgehead atoms. The van der Waals surface area contributed by atoms with Gasteiger partial charge in [0.05, 0.1) is 12.7 Å². The van der Waals surface area contributed by atoms with Crippen LogP contribution in [-0.4, -0.2) is 24.0 Å². The smallest absolute Gasteiger partial charge is 0.258 e. The number of halogens is 2. The Morgan fingerprint density at radius 1 is 1.22 bits per heavy atom. The monoisotopic (exact) mass is 316 g/mol. The van der Waals surface area contributed by atoms with E-state index < -0.39 is 23.1 Å². The van der Waals surface area contributed by atoms with Crippen molar-refractivity contribution in [1.82, 2.24) is 10.3 Å². The first kappa shape index (κ1) is 16.4. The number of carbonyl (C=O) groups excluding carboxylic acids is 1. The van der Waals surface area contributed by atoms with E-state index in [1.807, 2.05) is 13.0 Å². The lowest BCUT2D eigenvalue weighted by Gasteiger charge is -2.04. The molecule has 1 amide bonds. The van der Waals surface area contributed by atoms with Crippen molar-refractivity contribution in [3.8, 4) is 17.6 Å². The lowest BCUT2D eigenvalue weighted by atomic mass is 10.2. The number of pyridine rings is 1. The molecule has 1 aromatic heterocycles. The molecule has 0 aliphatic carbocycles. The number of carbonyl (C=O) groups is 1. The number of benzene rings is 1. The number of ether oxygens (including phenoxy) is 1. The summed E-state index contributed by atoms with van der Waals surface area (Å²) in [6.45, 7) is 1.95. The summed E-state index contributed by atoms with van der Waals surface area (Å²) in [6.07, 6.45) is 1.58. The van der Waals surface area contributed by atoms with Gasteiger partial charge in [-0.15, -0.1) is 0 Å². The van der Waals surface area contributed by atoms with Gasteiger partial charge in [0, 0.05) is 5.69 Å². The summed E-state index contributed by atoms with van der Waals surface area (Å²) in [6, 6.07) is 6.82. The van der Waals surface area contributed by atoms with Crippen molar-refractivity contribution in [2.75, 3.05) is 13.2 Å². The molecule has 1 aromatic carbocycles. The molecule has 2 rings (SSSR count). The summed E-state index contributed by atoms with van der Waals surface area (Å²) in [5.41, 5.74) is 0.266. The summed E-state index contributed by atoms with van der Waals surface area (Å²) in [4.78, 5) is 15.7. The largest absolute Gasteiger partial charge is 0.479 e. The maximum atomic E-state index is 13.4. The van der Waals surface area contributed by atoms with E-state index in [4.69, 9.17) is 4.74 Å². The number of nitrogens with zero attached hydrogens (tertiary/aromatic N) is 1. The molecule has 118 valence electrons. The molecule has 1 N–H and O–H groups in total. The maximum absolute atomic E-state index is 13.4. The van der Waals surface area contributed by atoms with Crippen LogP contribution in [-0.2, 0) is 0 Å². The summed E-state index contributed by atoms with van der Waals surface area (Å²) < 4.78 is 32.1. The number of amides is 1. The molecule has 2 aromatic rings. The molecule has 1 heterocycles. The van der Waals surface area contributed by atoms with Gasteiger partial charge in [-0.1, -0.05) is 17.9 Å². The molecule has 0 fully saturated rings. The van der Waals surface area contributed by atoms with E-state index in [2.05, 4.69) is 22.1 Å². The number of nitrogens with one attached hydrogen (secondary N) is 1. The highest BCUT2D eigenvalue weighted by atomic mass is 19.1. The van der Waals surface area contributed by atoms with Gasteiger partial charge in [-0.05, 0) is 31.2 Å². The number of hydrogen-bond donors (Lipinski definition) is 1. The van der Waals surface area contributed by atoms with Crippen molar-refractivity contribution < 1.29 is 18.3 Å². The molecule has 0 aliphatic rings. The number of aromatic nitrogens is 1. The number of aryl methyl sites for hydroxylation is 1. The van der Waals surface area contributed by atoms with Crippen molar-refractivity contribution in [2.24, 2.45) is 0 Å². The zero-order chi connectivity index (χ0) is 16.7. The van der Waals surface area contributed by atoms with Crippen molar-refractivity contribution in [2.45, 2.75) is 6.92 Å². The molecule has 6 heteroatoms. The minimum Gasteiger partial charge on any atom is -0.479 e. The van der Waals surface area contributed by atoms with Crippen LogP contribution in [0.25, 0.3) is 0 Å². The van der Waals surface area contributed by atoms with Gasteiger partial charge in [0.15, 0.2) is 0 Å². The topological polar surface area (TPSA) is 51.2 Å². The van der Waals surface area contributed by atoms with Crippen molar-refractivity contribution in [3.05, 3.63) is 59.4 Å². The van der Waals surface area contributed by atoms with Crippen LogP contribution in [0.4, 0.5) is 8.78 Å². The molecule has 23 heavy (non-hydrogen) atoms. The molecular weight excluding hydrogens is 302 g/mol. The van der Waals surface area contributed by atoms with Gasteiger partial charge in [0.1, 0.15) is 29.6 Å². The van der Waals surface area contributed by atoms with Crippen LogP contribution in [0.2, 0.25) is 0 Å². The molecular formula is C17H14F2N2O2. The normalized spacial score (nSPS) is 9.70. The van der Waals surface area contributed by atoms with Crippen LogP contribution in [0.15, 0.2) is 36.5 Å². The molecule has 0 saturated heterocycles. The van der Waals surface area contributed by atoms with Gasteiger partial charge in [-0.2, -0.15) is 0 Å². The van der Waals surface area contributed by atoms with Gasteiger partial charge < -0.3 is 10.1 Å². The Hall–Kier alpha value is -2.94. The second kappa shape index (κ2) is 7.90. The second-order valence-corrected chi connectivity index (χ2v) is 4.56. The van der Waals surface area contributed by atoms with Crippen LogP contribution in [0, 0.1) is 30.4 Å². The third kappa shape index (κ3) is 4.78. The summed E-state index contributed by atoms with van der Waals surface area (Å²) >= 11 is 0. The van der Waals surface area contributed by atoms with Crippen LogP contribution >= 0.6 is 0 Å². The quantitative estimate of drug-likeness (QED) is 0.882. The molecule has 0 atom stereocenters. The molecule has 0 spiro atoms. The average Bonchev–Trinajstić information content (AvgIpc) is 2.52. The molecule has 4 nitrogen and oxygen atoms in total. The standard InChI is InChI=1S/C17H14F2N2O2/c1-12-7-8-13(11-21-12)23-10-3-2-9-20-17(22)16-14(18)5-4-6-15(16)19/h4-8,11H,9-10H2,1H3,(H,20,22). The van der Waals surface area contributed by atoms with Gasteiger partial charge in [-0.3, -0.25) is 9.78 Å². The SMILES string of the molecule is Cc1ccc(OCC#CCNC(=O)c2c(F)cccc2F)cn1. The first-order chi connectivity index (χ1) is 11.1. The Kier molecular flexibility index (Phi) is 5.64. The van der Waals surface area contributed by atoms with Crippen molar-refractivity contribution in [3.63, 3.8) is 0 Å². The van der Waals surface area contributed by atoms with Gasteiger partial charge >= 0.3 is 0 Å². The second-order valence-electron chi connectivity index (χ2n) is 4.56. The van der Waals surface area contributed by atoms with E-state index in [1.54, 1.807) is 12.3 Å². The van der Waals surface area contributed by atoms with Crippen LogP contribution in [0.3, 0.4) is 0 Å². The number of hydrogen-bond acceptors (Lipinski definition) is 3. The Balaban J connectivity index is 1.79. The van der Waals surface area contributed by atoms with E-state index in [9.17, 15) is 13.6 Å². The highest BCUT2D eigenvalue weighted by molar-refractivity contribution is 5.94. The molecule has 0 aliphatic heterocycles. The summed E-state index contributed by atoms with van der Waals surface area (Å²) in [5.74, 6) is 3.23. The van der Waals surface area contributed by atoms with Gasteiger partial charge in [-0.25, -0.2) is 8.78 Å². The first-order valence-corrected chi connectivity index (χ1v) is 6.81. The first-order valence-electron chi connectivity index (χ1n) is 6.81. The van der Waals surface area contributed by atoms with E-state index in [1.165, 1.54) is 6.07 Å². The van der Waals surface area contributed by atoms with Crippen molar-refractivity contribution >= 4 is 5.91 Å². The summed E-state index contributed by atoms with van der Waals surface area (Å²) in [7, 11) is 0. The third-order valence-electron chi connectivity index (χ3n) is 2.85. The highest BCUT2D eigenvalue weighted by Crippen LogP contribution is 2.11. The predicted octanol–water partition coefficient (Wildman–Crippen LogP) is 2.48. The molecule has 0 unspecified atom stereocenters. The lowest BCUT2D eigenvalue weighted by Crippen LogP contribution is -2.25. The zero-order valence-electron chi connectivity index (χ0n) is 12.4. The Bertz CT molecular complexity index is 729.